The summed E-state index contributed by atoms with van der Waals surface area (Å²) in [5, 5.41) is 0. The van der Waals surface area contributed by atoms with E-state index in [9.17, 15) is 17.2 Å². The average Bonchev–Trinajstić information content (AvgIpc) is 2.88. The number of rotatable bonds is 10. The molecule has 0 saturated carbocycles. The molecule has 0 heterocycles. The Hall–Kier alpha value is -3.99. The predicted molar refractivity (Wildman–Crippen MR) is 132 cm³/mol. The molecule has 1 N–H and O–H groups in total. The van der Waals surface area contributed by atoms with E-state index in [0.717, 1.165) is 12.1 Å². The molecule has 3 aromatic rings. The van der Waals surface area contributed by atoms with Crippen LogP contribution in [0.1, 0.15) is 11.1 Å². The lowest BCUT2D eigenvalue weighted by Crippen LogP contribution is -2.15. The smallest absolute Gasteiger partial charge is 0.262 e. The van der Waals surface area contributed by atoms with E-state index in [1.807, 2.05) is 0 Å². The van der Waals surface area contributed by atoms with Gasteiger partial charge in [-0.15, -0.1) is 0 Å². The molecular weight excluding hydrogens is 496 g/mol. The molecule has 11 heteroatoms. The van der Waals surface area contributed by atoms with Gasteiger partial charge in [-0.2, -0.15) is 0 Å². The molecule has 0 fully saturated rings. The largest absolute Gasteiger partial charge is 0.493 e. The van der Waals surface area contributed by atoms with Gasteiger partial charge in [0.05, 0.1) is 40.4 Å². The van der Waals surface area contributed by atoms with E-state index in [1.54, 1.807) is 36.4 Å². The zero-order valence-electron chi connectivity index (χ0n) is 20.2. The maximum atomic E-state index is 13.7. The van der Waals surface area contributed by atoms with Gasteiger partial charge >= 0.3 is 0 Å². The Kier molecular flexibility index (Phi) is 8.25. The Morgan fingerprint density at radius 3 is 1.83 bits per heavy atom. The second-order valence-corrected chi connectivity index (χ2v) is 8.92. The highest BCUT2D eigenvalue weighted by molar-refractivity contribution is 7.92. The summed E-state index contributed by atoms with van der Waals surface area (Å²) in [6.45, 7) is 0. The van der Waals surface area contributed by atoms with Crippen LogP contribution in [0.3, 0.4) is 0 Å². The van der Waals surface area contributed by atoms with Crippen LogP contribution in [0, 0.1) is 11.6 Å². The number of hydrogen-bond acceptors (Lipinski definition) is 7. The van der Waals surface area contributed by atoms with E-state index in [1.165, 1.54) is 35.5 Å². The number of sulfonamides is 1. The SMILES string of the molecule is COc1cc(C=Cc2ccc(OC)c(OC)c2NS(=O)(=O)c2ccc(F)c(F)c2)cc(OC)c1OC. The molecule has 0 amide bonds. The molecule has 8 nitrogen and oxygen atoms in total. The molecule has 0 unspecified atom stereocenters. The number of halogens is 2. The molecule has 36 heavy (non-hydrogen) atoms. The average molecular weight is 522 g/mol. The molecule has 0 saturated heterocycles. The van der Waals surface area contributed by atoms with Gasteiger partial charge in [0.15, 0.2) is 34.6 Å². The number of anilines is 1. The van der Waals surface area contributed by atoms with Crippen molar-refractivity contribution in [1.82, 2.24) is 0 Å². The van der Waals surface area contributed by atoms with E-state index in [2.05, 4.69) is 4.72 Å². The van der Waals surface area contributed by atoms with Crippen LogP contribution in [0.5, 0.6) is 28.7 Å². The van der Waals surface area contributed by atoms with Gasteiger partial charge < -0.3 is 23.7 Å². The molecule has 0 radical (unpaired) electrons. The first-order chi connectivity index (χ1) is 17.2. The summed E-state index contributed by atoms with van der Waals surface area (Å²) >= 11 is 0. The Labute approximate surface area is 208 Å². The van der Waals surface area contributed by atoms with E-state index in [-0.39, 0.29) is 17.2 Å². The lowest BCUT2D eigenvalue weighted by atomic mass is 10.1. The van der Waals surface area contributed by atoms with Gasteiger partial charge in [-0.3, -0.25) is 4.72 Å². The minimum absolute atomic E-state index is 0.0327. The van der Waals surface area contributed by atoms with Crippen molar-refractivity contribution >= 4 is 27.9 Å². The molecular formula is C25H25F2NO7S. The highest BCUT2D eigenvalue weighted by atomic mass is 32.2. The quantitative estimate of drug-likeness (QED) is 0.376. The minimum atomic E-state index is -4.33. The summed E-state index contributed by atoms with van der Waals surface area (Å²) in [7, 11) is 2.89. The van der Waals surface area contributed by atoms with Gasteiger partial charge in [-0.25, -0.2) is 17.2 Å². The van der Waals surface area contributed by atoms with Crippen LogP contribution >= 0.6 is 0 Å². The molecule has 192 valence electrons. The van der Waals surface area contributed by atoms with Gasteiger partial charge in [0, 0.05) is 5.56 Å². The highest BCUT2D eigenvalue weighted by Crippen LogP contribution is 2.41. The van der Waals surface area contributed by atoms with Gasteiger partial charge in [0.1, 0.15) is 5.69 Å². The zero-order chi connectivity index (χ0) is 26.5. The number of nitrogens with one attached hydrogen (secondary N) is 1. The normalized spacial score (nSPS) is 11.3. The highest BCUT2D eigenvalue weighted by Gasteiger charge is 2.22. The van der Waals surface area contributed by atoms with E-state index < -0.39 is 26.6 Å². The molecule has 3 aromatic carbocycles. The molecule has 0 bridgehead atoms. The third-order valence-corrected chi connectivity index (χ3v) is 6.51. The lowest BCUT2D eigenvalue weighted by Gasteiger charge is -2.17. The van der Waals surface area contributed by atoms with Crippen molar-refractivity contribution in [3.05, 3.63) is 65.2 Å². The summed E-state index contributed by atoms with van der Waals surface area (Å²) in [5.74, 6) is -0.824. The zero-order valence-corrected chi connectivity index (χ0v) is 21.0. The summed E-state index contributed by atoms with van der Waals surface area (Å²) in [4.78, 5) is -0.467. The second-order valence-electron chi connectivity index (χ2n) is 7.24. The lowest BCUT2D eigenvalue weighted by molar-refractivity contribution is 0.324. The van der Waals surface area contributed by atoms with Crippen molar-refractivity contribution in [1.29, 1.82) is 0 Å². The Bertz CT molecular complexity index is 1370. The van der Waals surface area contributed by atoms with Crippen molar-refractivity contribution in [2.45, 2.75) is 4.90 Å². The number of methoxy groups -OCH3 is 5. The number of benzene rings is 3. The molecule has 0 spiro atoms. The van der Waals surface area contributed by atoms with Gasteiger partial charge in [-0.1, -0.05) is 12.2 Å². The first kappa shape index (κ1) is 26.6. The third kappa shape index (κ3) is 5.46. The monoisotopic (exact) mass is 521 g/mol. The Morgan fingerprint density at radius 2 is 1.31 bits per heavy atom. The summed E-state index contributed by atoms with van der Waals surface area (Å²) < 4.78 is 82.3. The maximum Gasteiger partial charge on any atom is 0.262 e. The van der Waals surface area contributed by atoms with Gasteiger partial charge in [0.2, 0.25) is 5.75 Å². The van der Waals surface area contributed by atoms with Crippen LogP contribution in [-0.2, 0) is 10.0 Å². The number of ether oxygens (including phenoxy) is 5. The maximum absolute atomic E-state index is 13.7. The third-order valence-electron chi connectivity index (χ3n) is 5.16. The van der Waals surface area contributed by atoms with Crippen molar-refractivity contribution in [3.63, 3.8) is 0 Å². The minimum Gasteiger partial charge on any atom is -0.493 e. The van der Waals surface area contributed by atoms with E-state index in [4.69, 9.17) is 23.7 Å². The topological polar surface area (TPSA) is 92.3 Å². The van der Waals surface area contributed by atoms with Crippen LogP contribution in [0.15, 0.2) is 47.4 Å². The summed E-state index contributed by atoms with van der Waals surface area (Å²) in [5.41, 5.74) is 1.09. The first-order valence-corrected chi connectivity index (χ1v) is 11.9. The molecule has 3 rings (SSSR count). The van der Waals surface area contributed by atoms with Crippen molar-refractivity contribution < 1.29 is 40.9 Å². The Morgan fingerprint density at radius 1 is 0.694 bits per heavy atom. The van der Waals surface area contributed by atoms with Crippen LogP contribution in [0.2, 0.25) is 0 Å². The fourth-order valence-electron chi connectivity index (χ4n) is 3.41. The molecule has 0 aromatic heterocycles. The van der Waals surface area contributed by atoms with Crippen LogP contribution in [-0.4, -0.2) is 44.0 Å². The Balaban J connectivity index is 2.11. The molecule has 0 atom stereocenters. The molecule has 0 aliphatic heterocycles. The van der Waals surface area contributed by atoms with Gasteiger partial charge in [0.25, 0.3) is 10.0 Å². The van der Waals surface area contributed by atoms with Gasteiger partial charge in [-0.05, 0) is 48.0 Å². The predicted octanol–water partition coefficient (Wildman–Crippen LogP) is 4.98. The van der Waals surface area contributed by atoms with Crippen LogP contribution in [0.4, 0.5) is 14.5 Å². The van der Waals surface area contributed by atoms with Crippen LogP contribution in [0.25, 0.3) is 12.2 Å². The van der Waals surface area contributed by atoms with Crippen molar-refractivity contribution in [3.8, 4) is 28.7 Å². The number of hydrogen-bond donors (Lipinski definition) is 1. The van der Waals surface area contributed by atoms with Crippen LogP contribution < -0.4 is 28.4 Å². The van der Waals surface area contributed by atoms with E-state index >= 15 is 0 Å². The standard InChI is InChI=1S/C25H25F2NO7S/c1-31-20-11-8-16(7-6-15-12-21(32-2)24(34-4)22(13-15)33-3)23(25(20)35-5)28-36(29,30)17-9-10-18(26)19(27)14-17/h6-14,28H,1-5H3. The molecule has 0 aliphatic carbocycles. The van der Waals surface area contributed by atoms with E-state index in [0.29, 0.717) is 34.4 Å². The summed E-state index contributed by atoms with van der Waals surface area (Å²) in [6.07, 6.45) is 3.33. The fourth-order valence-corrected chi connectivity index (χ4v) is 4.51. The second kappa shape index (κ2) is 11.2. The molecule has 0 aliphatic rings. The first-order valence-electron chi connectivity index (χ1n) is 10.4. The summed E-state index contributed by atoms with van der Waals surface area (Å²) in [6, 6.07) is 8.92. The fraction of sp³-hybridized carbons (Fsp3) is 0.200. The van der Waals surface area contributed by atoms with Crippen molar-refractivity contribution in [2.24, 2.45) is 0 Å². The van der Waals surface area contributed by atoms with Crippen molar-refractivity contribution in [2.75, 3.05) is 40.3 Å².